The van der Waals surface area contributed by atoms with Gasteiger partial charge in [0.1, 0.15) is 5.82 Å². The second-order valence-corrected chi connectivity index (χ2v) is 9.06. The quantitative estimate of drug-likeness (QED) is 0.338. The number of fused-ring (bicyclic) bond motifs is 1. The van der Waals surface area contributed by atoms with E-state index in [1.807, 2.05) is 47.8 Å². The normalized spacial score (nSPS) is 14.5. The van der Waals surface area contributed by atoms with Gasteiger partial charge in [0.15, 0.2) is 22.8 Å². The molecule has 13 nitrogen and oxygen atoms in total. The van der Waals surface area contributed by atoms with Crippen molar-refractivity contribution < 1.29 is 19.5 Å². The van der Waals surface area contributed by atoms with Crippen LogP contribution in [-0.4, -0.2) is 73.9 Å². The van der Waals surface area contributed by atoms with E-state index < -0.39 is 12.1 Å². The Bertz CT molecular complexity index is 1450. The number of anilines is 2. The Kier molecular flexibility index (Phi) is 7.13. The number of hydrogen-bond donors (Lipinski definition) is 2. The molecule has 4 heterocycles. The van der Waals surface area contributed by atoms with E-state index in [-0.39, 0.29) is 5.56 Å². The van der Waals surface area contributed by atoms with Crippen LogP contribution >= 0.6 is 0 Å². The lowest BCUT2D eigenvalue weighted by molar-refractivity contribution is 0.0502. The average molecular weight is 520 g/mol. The minimum Gasteiger partial charge on any atom is -0.389 e. The standard InChI is InChI=1S/C25H29N9O4/c1-15(35)16-5-4-6-17(11-16)21-30-22-20(23(31-21)34-7-9-37-10-8-34)29-19(33(22)3)14-32(2)25-27-12-18(13-28-25)24(36)38-26/h4-6,11-13,15,35H,7-10,14,26H2,1-3H3. The second kappa shape index (κ2) is 10.7. The minimum atomic E-state index is -0.710. The average Bonchev–Trinajstić information content (AvgIpc) is 3.27. The fourth-order valence-electron chi connectivity index (χ4n) is 4.27. The maximum atomic E-state index is 11.6. The van der Waals surface area contributed by atoms with Gasteiger partial charge in [-0.1, -0.05) is 18.2 Å². The van der Waals surface area contributed by atoms with E-state index >= 15 is 0 Å². The molecule has 1 aliphatic rings. The highest BCUT2D eigenvalue weighted by molar-refractivity contribution is 5.88. The van der Waals surface area contributed by atoms with Crippen LogP contribution in [0.15, 0.2) is 36.7 Å². The van der Waals surface area contributed by atoms with E-state index in [2.05, 4.69) is 19.7 Å². The van der Waals surface area contributed by atoms with Crippen LogP contribution in [0.4, 0.5) is 11.8 Å². The van der Waals surface area contributed by atoms with Crippen molar-refractivity contribution in [3.05, 3.63) is 53.6 Å². The lowest BCUT2D eigenvalue weighted by Gasteiger charge is -2.28. The molecule has 0 spiro atoms. The third-order valence-electron chi connectivity index (χ3n) is 6.43. The number of rotatable bonds is 7. The number of hydrogen-bond acceptors (Lipinski definition) is 12. The van der Waals surface area contributed by atoms with Gasteiger partial charge in [0.2, 0.25) is 5.95 Å². The summed E-state index contributed by atoms with van der Waals surface area (Å²) >= 11 is 0. The highest BCUT2D eigenvalue weighted by Gasteiger charge is 2.23. The van der Waals surface area contributed by atoms with Crippen LogP contribution < -0.4 is 15.7 Å². The monoisotopic (exact) mass is 519 g/mol. The molecule has 5 rings (SSSR count). The Morgan fingerprint density at radius 3 is 2.63 bits per heavy atom. The zero-order chi connectivity index (χ0) is 26.8. The number of aliphatic hydroxyl groups is 1. The summed E-state index contributed by atoms with van der Waals surface area (Å²) in [4.78, 5) is 43.0. The van der Waals surface area contributed by atoms with Gasteiger partial charge in [-0.2, -0.15) is 5.90 Å². The summed E-state index contributed by atoms with van der Waals surface area (Å²) in [6, 6.07) is 7.60. The fourth-order valence-corrected chi connectivity index (χ4v) is 4.27. The van der Waals surface area contributed by atoms with Gasteiger partial charge in [0, 0.05) is 45.1 Å². The van der Waals surface area contributed by atoms with Crippen molar-refractivity contribution in [1.29, 1.82) is 0 Å². The zero-order valence-electron chi connectivity index (χ0n) is 21.4. The SMILES string of the molecule is CC(O)c1cccc(-c2nc(N3CCOCC3)c3nc(CN(C)c4ncc(C(=O)ON)cn4)n(C)c3n2)c1. The van der Waals surface area contributed by atoms with Gasteiger partial charge < -0.3 is 29.0 Å². The molecule has 0 saturated carbocycles. The molecule has 4 aromatic rings. The summed E-state index contributed by atoms with van der Waals surface area (Å²) in [5.41, 5.74) is 3.13. The molecule has 1 saturated heterocycles. The van der Waals surface area contributed by atoms with Gasteiger partial charge in [0.05, 0.1) is 31.4 Å². The molecule has 1 aromatic carbocycles. The largest absolute Gasteiger partial charge is 0.389 e. The molecule has 3 N–H and O–H groups in total. The van der Waals surface area contributed by atoms with Crippen LogP contribution in [0.1, 0.15) is 34.8 Å². The maximum absolute atomic E-state index is 11.6. The first-order valence-corrected chi connectivity index (χ1v) is 12.1. The molecule has 1 aliphatic heterocycles. The number of aryl methyl sites for hydroxylation is 1. The molecule has 0 aliphatic carbocycles. The summed E-state index contributed by atoms with van der Waals surface area (Å²) in [7, 11) is 3.74. The lowest BCUT2D eigenvalue weighted by Crippen LogP contribution is -2.37. The number of benzene rings is 1. The van der Waals surface area contributed by atoms with E-state index in [9.17, 15) is 9.90 Å². The molecule has 0 amide bonds. The van der Waals surface area contributed by atoms with E-state index in [1.54, 1.807) is 6.92 Å². The van der Waals surface area contributed by atoms with E-state index in [0.29, 0.717) is 55.8 Å². The Balaban J connectivity index is 1.54. The lowest BCUT2D eigenvalue weighted by atomic mass is 10.1. The van der Waals surface area contributed by atoms with Gasteiger partial charge in [-0.3, -0.25) is 0 Å². The molecule has 1 fully saturated rings. The number of imidazole rings is 1. The predicted octanol–water partition coefficient (Wildman–Crippen LogP) is 1.38. The number of aliphatic hydroxyl groups excluding tert-OH is 1. The Morgan fingerprint density at radius 1 is 1.21 bits per heavy atom. The number of nitrogens with two attached hydrogens (primary N) is 1. The molecule has 1 unspecified atom stereocenters. The topological polar surface area (TPSA) is 158 Å². The second-order valence-electron chi connectivity index (χ2n) is 9.06. The number of carbonyl (C=O) groups is 1. The summed E-state index contributed by atoms with van der Waals surface area (Å²) in [5.74, 6) is 6.65. The van der Waals surface area contributed by atoms with Crippen molar-refractivity contribution in [2.24, 2.45) is 12.9 Å². The number of carbonyl (C=O) groups excluding carboxylic acids is 1. The summed E-state index contributed by atoms with van der Waals surface area (Å²) < 4.78 is 7.49. The number of aromatic nitrogens is 6. The smallest absolute Gasteiger partial charge is 0.359 e. The van der Waals surface area contributed by atoms with Gasteiger partial charge in [0.25, 0.3) is 0 Å². The molecule has 198 valence electrons. The number of nitrogens with zero attached hydrogens (tertiary/aromatic N) is 8. The molecule has 13 heteroatoms. The fraction of sp³-hybridized carbons (Fsp3) is 0.360. The maximum Gasteiger partial charge on any atom is 0.359 e. The first-order valence-electron chi connectivity index (χ1n) is 12.1. The third kappa shape index (κ3) is 4.98. The molecule has 3 aromatic heterocycles. The summed E-state index contributed by atoms with van der Waals surface area (Å²) in [6.45, 7) is 4.70. The van der Waals surface area contributed by atoms with Gasteiger partial charge in [-0.15, -0.1) is 0 Å². The van der Waals surface area contributed by atoms with Crippen LogP contribution in [0.3, 0.4) is 0 Å². The molecule has 38 heavy (non-hydrogen) atoms. The Hall–Kier alpha value is -4.20. The van der Waals surface area contributed by atoms with Crippen LogP contribution in [0.5, 0.6) is 0 Å². The zero-order valence-corrected chi connectivity index (χ0v) is 21.4. The van der Waals surface area contributed by atoms with Crippen LogP contribution in [0.2, 0.25) is 0 Å². The van der Waals surface area contributed by atoms with Gasteiger partial charge in [-0.05, 0) is 18.6 Å². The van der Waals surface area contributed by atoms with Crippen molar-refractivity contribution in [3.8, 4) is 11.4 Å². The first kappa shape index (κ1) is 25.4. The van der Waals surface area contributed by atoms with Crippen molar-refractivity contribution >= 4 is 28.9 Å². The van der Waals surface area contributed by atoms with E-state index in [1.165, 1.54) is 12.4 Å². The van der Waals surface area contributed by atoms with Crippen LogP contribution in [0, 0.1) is 0 Å². The summed E-state index contributed by atoms with van der Waals surface area (Å²) in [6.07, 6.45) is 2.12. The van der Waals surface area contributed by atoms with Crippen molar-refractivity contribution in [2.45, 2.75) is 19.6 Å². The van der Waals surface area contributed by atoms with E-state index in [0.717, 1.165) is 22.8 Å². The summed E-state index contributed by atoms with van der Waals surface area (Å²) in [5, 5.41) is 10.1. The number of ether oxygens (including phenoxy) is 1. The van der Waals surface area contributed by atoms with Crippen molar-refractivity contribution in [2.75, 3.05) is 43.2 Å². The molecule has 1 atom stereocenters. The number of morpholine rings is 1. The molecule has 0 radical (unpaired) electrons. The predicted molar refractivity (Wildman–Crippen MR) is 139 cm³/mol. The Labute approximate surface area is 218 Å². The third-order valence-corrected chi connectivity index (χ3v) is 6.43. The molecular weight excluding hydrogens is 490 g/mol. The van der Waals surface area contributed by atoms with Crippen molar-refractivity contribution in [1.82, 2.24) is 29.5 Å². The molecular formula is C25H29N9O4. The first-order chi connectivity index (χ1) is 18.4. The van der Waals surface area contributed by atoms with Crippen LogP contribution in [-0.2, 0) is 23.2 Å². The highest BCUT2D eigenvalue weighted by atomic mass is 16.7. The highest BCUT2D eigenvalue weighted by Crippen LogP contribution is 2.29. The minimum absolute atomic E-state index is 0.157. The van der Waals surface area contributed by atoms with Gasteiger partial charge in [-0.25, -0.2) is 29.7 Å². The van der Waals surface area contributed by atoms with Crippen molar-refractivity contribution in [3.63, 3.8) is 0 Å². The van der Waals surface area contributed by atoms with Gasteiger partial charge >= 0.3 is 5.97 Å². The Morgan fingerprint density at radius 2 is 1.95 bits per heavy atom. The molecule has 0 bridgehead atoms. The van der Waals surface area contributed by atoms with E-state index in [4.69, 9.17) is 25.6 Å². The van der Waals surface area contributed by atoms with Crippen LogP contribution in [0.25, 0.3) is 22.6 Å².